The largest absolute Gasteiger partial charge is 0.345 e. The standard InChI is InChI=1S/C22H24N4O3S2/c1-17-16-30-22(24-17)26-12-10-25(11-13-26)21(27)19-8-5-9-20(14-19)31(28,29)23-15-18-6-3-2-4-7-18/h2-9,14,16,23H,10-13,15H2,1H3. The van der Waals surface area contributed by atoms with E-state index in [0.717, 1.165) is 16.4 Å². The number of aromatic nitrogens is 1. The highest BCUT2D eigenvalue weighted by molar-refractivity contribution is 7.89. The lowest BCUT2D eigenvalue weighted by molar-refractivity contribution is 0.0746. The summed E-state index contributed by atoms with van der Waals surface area (Å²) in [7, 11) is -3.72. The van der Waals surface area contributed by atoms with Gasteiger partial charge < -0.3 is 9.80 Å². The van der Waals surface area contributed by atoms with Gasteiger partial charge in [-0.15, -0.1) is 11.3 Å². The zero-order valence-corrected chi connectivity index (χ0v) is 18.8. The van der Waals surface area contributed by atoms with Crippen molar-refractivity contribution in [3.05, 3.63) is 76.8 Å². The Hall–Kier alpha value is -2.75. The zero-order chi connectivity index (χ0) is 21.8. The van der Waals surface area contributed by atoms with E-state index in [2.05, 4.69) is 14.6 Å². The van der Waals surface area contributed by atoms with Crippen molar-refractivity contribution in [1.82, 2.24) is 14.6 Å². The number of hydrogen-bond acceptors (Lipinski definition) is 6. The van der Waals surface area contributed by atoms with Crippen LogP contribution in [0.5, 0.6) is 0 Å². The molecule has 0 bridgehead atoms. The molecule has 0 radical (unpaired) electrons. The number of thiazole rings is 1. The van der Waals surface area contributed by atoms with Crippen LogP contribution in [0.25, 0.3) is 0 Å². The Balaban J connectivity index is 1.41. The van der Waals surface area contributed by atoms with E-state index in [1.54, 1.807) is 28.4 Å². The predicted molar refractivity (Wildman–Crippen MR) is 122 cm³/mol. The molecule has 162 valence electrons. The number of nitrogens with zero attached hydrogens (tertiary/aromatic N) is 3. The Bertz CT molecular complexity index is 1150. The van der Waals surface area contributed by atoms with Crippen molar-refractivity contribution in [2.45, 2.75) is 18.4 Å². The average molecular weight is 457 g/mol. The van der Waals surface area contributed by atoms with Gasteiger partial charge in [0.2, 0.25) is 10.0 Å². The summed E-state index contributed by atoms with van der Waals surface area (Å²) >= 11 is 1.61. The molecule has 9 heteroatoms. The minimum absolute atomic E-state index is 0.0891. The van der Waals surface area contributed by atoms with Gasteiger partial charge in [-0.25, -0.2) is 18.1 Å². The van der Waals surface area contributed by atoms with Crippen molar-refractivity contribution in [3.63, 3.8) is 0 Å². The molecule has 1 fully saturated rings. The first-order valence-electron chi connectivity index (χ1n) is 10.0. The minimum Gasteiger partial charge on any atom is -0.345 e. The van der Waals surface area contributed by atoms with Gasteiger partial charge in [-0.1, -0.05) is 36.4 Å². The van der Waals surface area contributed by atoms with Crippen LogP contribution >= 0.6 is 11.3 Å². The number of aryl methyl sites for hydroxylation is 1. The number of carbonyl (C=O) groups excluding carboxylic acids is 1. The Labute approximate surface area is 186 Å². The SMILES string of the molecule is Cc1csc(N2CCN(C(=O)c3cccc(S(=O)(=O)NCc4ccccc4)c3)CC2)n1. The molecular formula is C22H24N4O3S2. The van der Waals surface area contributed by atoms with Crippen molar-refractivity contribution < 1.29 is 13.2 Å². The molecule has 1 aromatic heterocycles. The lowest BCUT2D eigenvalue weighted by Crippen LogP contribution is -2.48. The molecule has 1 aliphatic rings. The van der Waals surface area contributed by atoms with Crippen molar-refractivity contribution in [1.29, 1.82) is 0 Å². The minimum atomic E-state index is -3.72. The van der Waals surface area contributed by atoms with E-state index >= 15 is 0 Å². The van der Waals surface area contributed by atoms with Gasteiger partial charge in [-0.05, 0) is 30.7 Å². The zero-order valence-electron chi connectivity index (χ0n) is 17.2. The summed E-state index contributed by atoms with van der Waals surface area (Å²) in [4.78, 5) is 21.5. The maximum absolute atomic E-state index is 13.0. The first-order chi connectivity index (χ1) is 14.9. The smallest absolute Gasteiger partial charge is 0.254 e. The fraction of sp³-hybridized carbons (Fsp3) is 0.273. The van der Waals surface area contributed by atoms with Gasteiger partial charge in [0.05, 0.1) is 10.6 Å². The fourth-order valence-electron chi connectivity index (χ4n) is 3.42. The van der Waals surface area contributed by atoms with E-state index in [1.165, 1.54) is 12.1 Å². The lowest BCUT2D eigenvalue weighted by atomic mass is 10.2. The molecule has 1 amide bonds. The normalized spacial score (nSPS) is 14.6. The van der Waals surface area contributed by atoms with Crippen LogP contribution in [-0.2, 0) is 16.6 Å². The quantitative estimate of drug-likeness (QED) is 0.617. The Morgan fingerprint density at radius 2 is 1.81 bits per heavy atom. The highest BCUT2D eigenvalue weighted by atomic mass is 32.2. The highest BCUT2D eigenvalue weighted by Gasteiger charge is 2.24. The number of hydrogen-bond donors (Lipinski definition) is 1. The molecule has 0 spiro atoms. The summed E-state index contributed by atoms with van der Waals surface area (Å²) in [5.41, 5.74) is 2.24. The molecule has 31 heavy (non-hydrogen) atoms. The van der Waals surface area contributed by atoms with Gasteiger partial charge in [0, 0.05) is 43.7 Å². The molecule has 0 saturated carbocycles. The average Bonchev–Trinajstić information content (AvgIpc) is 3.24. The summed E-state index contributed by atoms with van der Waals surface area (Å²) in [5, 5.41) is 2.99. The summed E-state index contributed by atoms with van der Waals surface area (Å²) in [6, 6.07) is 15.5. The predicted octanol–water partition coefficient (Wildman–Crippen LogP) is 2.89. The number of benzene rings is 2. The molecule has 2 heterocycles. The van der Waals surface area contributed by atoms with Gasteiger partial charge in [-0.2, -0.15) is 0 Å². The molecule has 1 aliphatic heterocycles. The summed E-state index contributed by atoms with van der Waals surface area (Å²) < 4.78 is 28.0. The number of amides is 1. The maximum Gasteiger partial charge on any atom is 0.254 e. The number of rotatable bonds is 6. The number of nitrogens with one attached hydrogen (secondary N) is 1. The fourth-order valence-corrected chi connectivity index (χ4v) is 5.34. The third-order valence-corrected chi connectivity index (χ3v) is 7.56. The first-order valence-corrected chi connectivity index (χ1v) is 12.4. The maximum atomic E-state index is 13.0. The molecule has 7 nitrogen and oxygen atoms in total. The molecule has 2 aromatic carbocycles. The molecule has 0 unspecified atom stereocenters. The summed E-state index contributed by atoms with van der Waals surface area (Å²) in [6.07, 6.45) is 0. The van der Waals surface area contributed by atoms with E-state index in [9.17, 15) is 13.2 Å². The number of piperazine rings is 1. The van der Waals surface area contributed by atoms with Crippen LogP contribution in [0, 0.1) is 6.92 Å². The van der Waals surface area contributed by atoms with Crippen molar-refractivity contribution in [2.24, 2.45) is 0 Å². The lowest BCUT2D eigenvalue weighted by Gasteiger charge is -2.34. The molecule has 1 saturated heterocycles. The molecule has 1 N–H and O–H groups in total. The van der Waals surface area contributed by atoms with E-state index in [0.29, 0.717) is 31.7 Å². The second kappa shape index (κ2) is 9.17. The second-order valence-corrected chi connectivity index (χ2v) is 9.99. The number of carbonyl (C=O) groups is 1. The van der Waals surface area contributed by atoms with Crippen LogP contribution in [0.4, 0.5) is 5.13 Å². The van der Waals surface area contributed by atoms with E-state index < -0.39 is 10.0 Å². The van der Waals surface area contributed by atoms with Gasteiger partial charge in [-0.3, -0.25) is 4.79 Å². The van der Waals surface area contributed by atoms with Crippen molar-refractivity contribution in [3.8, 4) is 0 Å². The third-order valence-electron chi connectivity index (χ3n) is 5.14. The van der Waals surface area contributed by atoms with Crippen LogP contribution in [0.3, 0.4) is 0 Å². The molecule has 0 aliphatic carbocycles. The van der Waals surface area contributed by atoms with Crippen LogP contribution in [0.1, 0.15) is 21.6 Å². The van der Waals surface area contributed by atoms with E-state index in [1.807, 2.05) is 42.6 Å². The van der Waals surface area contributed by atoms with Crippen LogP contribution in [0.2, 0.25) is 0 Å². The number of anilines is 1. The van der Waals surface area contributed by atoms with E-state index in [-0.39, 0.29) is 17.3 Å². The first kappa shape index (κ1) is 21.5. The van der Waals surface area contributed by atoms with Gasteiger partial charge >= 0.3 is 0 Å². The monoisotopic (exact) mass is 456 g/mol. The van der Waals surface area contributed by atoms with E-state index in [4.69, 9.17) is 0 Å². The summed E-state index contributed by atoms with van der Waals surface area (Å²) in [5.74, 6) is -0.157. The molecule has 0 atom stereocenters. The van der Waals surface area contributed by atoms with Crippen molar-refractivity contribution in [2.75, 3.05) is 31.1 Å². The summed E-state index contributed by atoms with van der Waals surface area (Å²) in [6.45, 7) is 4.71. The second-order valence-electron chi connectivity index (χ2n) is 7.39. The Morgan fingerprint density at radius 3 is 2.48 bits per heavy atom. The van der Waals surface area contributed by atoms with Gasteiger partial charge in [0.25, 0.3) is 5.91 Å². The van der Waals surface area contributed by atoms with Gasteiger partial charge in [0.15, 0.2) is 5.13 Å². The van der Waals surface area contributed by atoms with Gasteiger partial charge in [0.1, 0.15) is 0 Å². The van der Waals surface area contributed by atoms with Crippen LogP contribution in [-0.4, -0.2) is 50.4 Å². The topological polar surface area (TPSA) is 82.6 Å². The Morgan fingerprint density at radius 1 is 1.06 bits per heavy atom. The molecule has 3 aromatic rings. The van der Waals surface area contributed by atoms with Crippen molar-refractivity contribution >= 4 is 32.4 Å². The highest BCUT2D eigenvalue weighted by Crippen LogP contribution is 2.22. The third kappa shape index (κ3) is 5.12. The van der Waals surface area contributed by atoms with Crippen LogP contribution < -0.4 is 9.62 Å². The molecular weight excluding hydrogens is 432 g/mol. The number of sulfonamides is 1. The Kier molecular flexibility index (Phi) is 6.35. The molecule has 4 rings (SSSR count). The van der Waals surface area contributed by atoms with Crippen LogP contribution in [0.15, 0.2) is 64.9 Å².